The molecule has 30 heavy (non-hydrogen) atoms. The van der Waals surface area contributed by atoms with Crippen molar-refractivity contribution in [1.82, 2.24) is 4.90 Å². The molecule has 1 unspecified atom stereocenters. The Balaban J connectivity index is 1.55. The lowest BCUT2D eigenvalue weighted by Crippen LogP contribution is -2.39. The maximum Gasteiger partial charge on any atom is 0.157 e. The van der Waals surface area contributed by atoms with Crippen LogP contribution in [0.3, 0.4) is 0 Å². The lowest BCUT2D eigenvalue weighted by atomic mass is 9.87. The molecule has 2 N–H and O–H groups in total. The highest BCUT2D eigenvalue weighted by Gasteiger charge is 2.31. The molecule has 0 amide bonds. The molecule has 1 aliphatic rings. The average molecular weight is 418 g/mol. The number of aromatic hydroxyl groups is 2. The Bertz CT molecular complexity index is 1030. The normalized spacial score (nSPS) is 15.6. The first-order valence-electron chi connectivity index (χ1n) is 10.5. The van der Waals surface area contributed by atoms with E-state index in [0.717, 1.165) is 53.9 Å². The Hall–Kier alpha value is -2.85. The first-order chi connectivity index (χ1) is 14.5. The smallest absolute Gasteiger partial charge is 0.157 e. The lowest BCUT2D eigenvalue weighted by Gasteiger charge is -2.39. The maximum absolute atomic E-state index is 10.2. The number of hydrogen-bond acceptors (Lipinski definition) is 3. The number of nitrogens with zero attached hydrogens (tertiary/aromatic N) is 1. The fraction of sp³-hybridized carbons (Fsp3) is 0.269. The van der Waals surface area contributed by atoms with Crippen molar-refractivity contribution >= 4 is 17.2 Å². The third-order valence-corrected chi connectivity index (χ3v) is 6.32. The number of thiocarbonyl (C=S) groups is 1. The highest BCUT2D eigenvalue weighted by molar-refractivity contribution is 7.80. The van der Waals surface area contributed by atoms with E-state index in [-0.39, 0.29) is 17.5 Å². The summed E-state index contributed by atoms with van der Waals surface area (Å²) in [4.78, 5) is 3.24. The molecule has 1 aliphatic heterocycles. The van der Waals surface area contributed by atoms with Gasteiger partial charge in [-0.25, -0.2) is 0 Å². The third kappa shape index (κ3) is 4.34. The van der Waals surface area contributed by atoms with Gasteiger partial charge in [0.1, 0.15) is 0 Å². The molecule has 154 valence electrons. The summed E-state index contributed by atoms with van der Waals surface area (Å²) < 4.78 is 0. The lowest BCUT2D eigenvalue weighted by molar-refractivity contribution is 0.332. The minimum Gasteiger partial charge on any atom is -0.504 e. The molecule has 0 saturated heterocycles. The zero-order chi connectivity index (χ0) is 21.1. The van der Waals surface area contributed by atoms with Gasteiger partial charge >= 0.3 is 0 Å². The number of hydrogen-bond donors (Lipinski definition) is 2. The summed E-state index contributed by atoms with van der Waals surface area (Å²) in [5.41, 5.74) is 5.85. The Morgan fingerprint density at radius 3 is 2.43 bits per heavy atom. The summed E-state index contributed by atoms with van der Waals surface area (Å²) >= 11 is 5.89. The minimum absolute atomic E-state index is 0.0478. The van der Waals surface area contributed by atoms with Crippen LogP contribution in [-0.2, 0) is 12.8 Å². The molecule has 0 fully saturated rings. The van der Waals surface area contributed by atoms with Crippen molar-refractivity contribution in [2.45, 2.75) is 38.6 Å². The van der Waals surface area contributed by atoms with E-state index in [1.165, 1.54) is 11.1 Å². The van der Waals surface area contributed by atoms with E-state index in [9.17, 15) is 10.2 Å². The van der Waals surface area contributed by atoms with Gasteiger partial charge in [-0.15, -0.1) is 0 Å². The van der Waals surface area contributed by atoms with Gasteiger partial charge in [-0.2, -0.15) is 0 Å². The van der Waals surface area contributed by atoms with Crippen LogP contribution < -0.4 is 0 Å². The van der Waals surface area contributed by atoms with Crippen molar-refractivity contribution in [3.05, 3.63) is 94.5 Å². The molecular weight excluding hydrogens is 390 g/mol. The van der Waals surface area contributed by atoms with Crippen LogP contribution in [-0.4, -0.2) is 26.6 Å². The zero-order valence-electron chi connectivity index (χ0n) is 17.2. The predicted octanol–water partition coefficient (Wildman–Crippen LogP) is 5.70. The molecule has 1 heterocycles. The molecular formula is C26H27NO2S. The first kappa shape index (κ1) is 20.4. The standard InChI is InChI=1S/C26H27NO2S/c1-18-10-12-19(13-11-18)6-5-9-25(30)27-15-14-21-16-23(28)24(29)17-22(21)26(27)20-7-3-2-4-8-20/h2-4,7-8,10-13,16-17,26,28-29H,5-6,9,14-15H2,1H3. The van der Waals surface area contributed by atoms with Crippen molar-refractivity contribution in [3.8, 4) is 11.5 Å². The molecule has 0 spiro atoms. The Morgan fingerprint density at radius 1 is 1.00 bits per heavy atom. The molecule has 3 aromatic carbocycles. The molecule has 3 nitrogen and oxygen atoms in total. The van der Waals surface area contributed by atoms with Gasteiger partial charge < -0.3 is 15.1 Å². The second kappa shape index (κ2) is 8.88. The van der Waals surface area contributed by atoms with Crippen molar-refractivity contribution in [3.63, 3.8) is 0 Å². The van der Waals surface area contributed by atoms with Crippen molar-refractivity contribution < 1.29 is 10.2 Å². The van der Waals surface area contributed by atoms with Crippen LogP contribution in [0.4, 0.5) is 0 Å². The van der Waals surface area contributed by atoms with Crippen LogP contribution in [0.15, 0.2) is 66.7 Å². The molecule has 1 atom stereocenters. The summed E-state index contributed by atoms with van der Waals surface area (Å²) in [6, 6.07) is 22.3. The summed E-state index contributed by atoms with van der Waals surface area (Å²) in [6.07, 6.45) is 3.67. The van der Waals surface area contributed by atoms with E-state index < -0.39 is 0 Å². The van der Waals surface area contributed by atoms with Crippen molar-refractivity contribution in [1.29, 1.82) is 0 Å². The Morgan fingerprint density at radius 2 is 1.70 bits per heavy atom. The van der Waals surface area contributed by atoms with Crippen LogP contribution in [0, 0.1) is 6.92 Å². The molecule has 0 bridgehead atoms. The quantitative estimate of drug-likeness (QED) is 0.413. The topological polar surface area (TPSA) is 43.7 Å². The van der Waals surface area contributed by atoms with Crippen LogP contribution in [0.5, 0.6) is 11.5 Å². The monoisotopic (exact) mass is 417 g/mol. The van der Waals surface area contributed by atoms with Crippen LogP contribution in [0.2, 0.25) is 0 Å². The fourth-order valence-electron chi connectivity index (χ4n) is 4.25. The molecule has 0 aliphatic carbocycles. The van der Waals surface area contributed by atoms with Crippen LogP contribution in [0.1, 0.15) is 46.7 Å². The maximum atomic E-state index is 10.2. The highest BCUT2D eigenvalue weighted by atomic mass is 32.1. The summed E-state index contributed by atoms with van der Waals surface area (Å²) in [7, 11) is 0. The van der Waals surface area contributed by atoms with E-state index in [1.54, 1.807) is 12.1 Å². The van der Waals surface area contributed by atoms with Gasteiger partial charge in [0.25, 0.3) is 0 Å². The second-order valence-electron chi connectivity index (χ2n) is 8.03. The van der Waals surface area contributed by atoms with Crippen molar-refractivity contribution in [2.75, 3.05) is 6.54 Å². The number of aryl methyl sites for hydroxylation is 2. The summed E-state index contributed by atoms with van der Waals surface area (Å²) in [5.74, 6) is -0.142. The van der Waals surface area contributed by atoms with Crippen molar-refractivity contribution in [2.24, 2.45) is 0 Å². The van der Waals surface area contributed by atoms with Crippen LogP contribution >= 0.6 is 12.2 Å². The third-order valence-electron chi connectivity index (χ3n) is 5.88. The van der Waals surface area contributed by atoms with Gasteiger partial charge in [0.05, 0.1) is 11.0 Å². The van der Waals surface area contributed by atoms with E-state index in [0.29, 0.717) is 0 Å². The molecule has 0 saturated carbocycles. The van der Waals surface area contributed by atoms with Gasteiger partial charge in [-0.05, 0) is 67.0 Å². The SMILES string of the molecule is Cc1ccc(CCCC(=S)N2CCc3cc(O)c(O)cc3C2c2ccccc2)cc1. The average Bonchev–Trinajstić information content (AvgIpc) is 2.76. The van der Waals surface area contributed by atoms with Gasteiger partial charge in [0.15, 0.2) is 11.5 Å². The number of benzene rings is 3. The fourth-order valence-corrected chi connectivity index (χ4v) is 4.59. The van der Waals surface area contributed by atoms with Gasteiger partial charge in [0, 0.05) is 6.54 Å². The van der Waals surface area contributed by atoms with Gasteiger partial charge in [0.2, 0.25) is 0 Å². The van der Waals surface area contributed by atoms with Gasteiger partial charge in [-0.1, -0.05) is 72.4 Å². The zero-order valence-corrected chi connectivity index (χ0v) is 18.0. The molecule has 3 aromatic rings. The minimum atomic E-state index is -0.0816. The molecule has 4 rings (SSSR count). The number of phenols is 2. The summed E-state index contributed by atoms with van der Waals surface area (Å²) in [5, 5.41) is 20.1. The predicted molar refractivity (Wildman–Crippen MR) is 125 cm³/mol. The number of rotatable bonds is 5. The number of phenolic OH excluding ortho intramolecular Hbond substituents is 2. The highest BCUT2D eigenvalue weighted by Crippen LogP contribution is 2.40. The van der Waals surface area contributed by atoms with E-state index >= 15 is 0 Å². The first-order valence-corrected chi connectivity index (χ1v) is 10.9. The summed E-state index contributed by atoms with van der Waals surface area (Å²) in [6.45, 7) is 2.91. The van der Waals surface area contributed by atoms with E-state index in [1.807, 2.05) is 18.2 Å². The molecule has 0 radical (unpaired) electrons. The molecule has 0 aromatic heterocycles. The molecule has 4 heteroatoms. The number of fused-ring (bicyclic) bond motifs is 1. The van der Waals surface area contributed by atoms with Gasteiger partial charge in [-0.3, -0.25) is 0 Å². The van der Waals surface area contributed by atoms with Crippen LogP contribution in [0.25, 0.3) is 0 Å². The Labute approximate surface area is 183 Å². The second-order valence-corrected chi connectivity index (χ2v) is 8.50. The largest absolute Gasteiger partial charge is 0.504 e. The van der Waals surface area contributed by atoms with E-state index in [4.69, 9.17) is 12.2 Å². The Kier molecular flexibility index (Phi) is 6.05. The van der Waals surface area contributed by atoms with E-state index in [2.05, 4.69) is 48.2 Å².